The molecular formula is C20H32F3N3O2. The van der Waals surface area contributed by atoms with Crippen LogP contribution in [0.3, 0.4) is 0 Å². The Hall–Kier alpha value is -1.67. The second-order valence-electron chi connectivity index (χ2n) is 7.29. The van der Waals surface area contributed by atoms with Gasteiger partial charge in [-0.15, -0.1) is 0 Å². The SMILES string of the molecule is CC.CC(=O)N1CC2CN[C@H]([C@@](C)(O)C(F)(F)F)[C@@H]2[C@@H](C)C1.c1ccncc1. The predicted octanol–water partition coefficient (Wildman–Crippen LogP) is 3.11. The summed E-state index contributed by atoms with van der Waals surface area (Å²) in [4.78, 5) is 16.9. The molecule has 0 radical (unpaired) electrons. The van der Waals surface area contributed by atoms with Crippen LogP contribution in [0, 0.1) is 17.8 Å². The lowest BCUT2D eigenvalue weighted by atomic mass is 9.72. The number of hydrogen-bond acceptors (Lipinski definition) is 4. The summed E-state index contributed by atoms with van der Waals surface area (Å²) in [7, 11) is 0. The number of carbonyl (C=O) groups excluding carboxylic acids is 1. The summed E-state index contributed by atoms with van der Waals surface area (Å²) in [5.74, 6) is -0.448. The van der Waals surface area contributed by atoms with Crippen LogP contribution in [0.15, 0.2) is 30.6 Å². The number of likely N-dealkylation sites (tertiary alicyclic amines) is 1. The van der Waals surface area contributed by atoms with Crippen LogP contribution in [-0.4, -0.2) is 58.4 Å². The smallest absolute Gasteiger partial charge is 0.379 e. The highest BCUT2D eigenvalue weighted by atomic mass is 19.4. The summed E-state index contributed by atoms with van der Waals surface area (Å²) in [6.45, 7) is 9.45. The molecule has 5 atom stereocenters. The molecule has 0 bridgehead atoms. The van der Waals surface area contributed by atoms with Gasteiger partial charge in [-0.2, -0.15) is 13.2 Å². The van der Waals surface area contributed by atoms with Crippen molar-refractivity contribution < 1.29 is 23.1 Å². The number of amides is 1. The standard InChI is InChI=1S/C13H21F3N2O2.C5H5N.C2H6/c1-7-5-18(8(2)19)6-9-4-17-11(10(7)9)12(3,20)13(14,15)16;1-2-4-6-5-3-1;1-2/h7,9-11,17,20H,4-6H2,1-3H3;1-5H;1-2H3/t7-,9?,10+,11-,12+;;/m0../s1. The maximum atomic E-state index is 13.0. The molecule has 28 heavy (non-hydrogen) atoms. The van der Waals surface area contributed by atoms with E-state index in [1.165, 1.54) is 6.92 Å². The van der Waals surface area contributed by atoms with Crippen molar-refractivity contribution >= 4 is 5.91 Å². The molecule has 3 heterocycles. The third kappa shape index (κ3) is 5.67. The summed E-state index contributed by atoms with van der Waals surface area (Å²) in [6.07, 6.45) is -1.17. The van der Waals surface area contributed by atoms with Crippen molar-refractivity contribution in [3.05, 3.63) is 30.6 Å². The first-order valence-corrected chi connectivity index (χ1v) is 9.68. The van der Waals surface area contributed by atoms with Crippen LogP contribution < -0.4 is 5.32 Å². The van der Waals surface area contributed by atoms with Crippen molar-refractivity contribution in [2.45, 2.75) is 52.4 Å². The maximum absolute atomic E-state index is 13.0. The fraction of sp³-hybridized carbons (Fsp3) is 0.700. The van der Waals surface area contributed by atoms with Crippen molar-refractivity contribution in [2.24, 2.45) is 17.8 Å². The number of fused-ring (bicyclic) bond motifs is 1. The largest absolute Gasteiger partial charge is 0.418 e. The van der Waals surface area contributed by atoms with Gasteiger partial charge in [0.25, 0.3) is 0 Å². The Morgan fingerprint density at radius 1 is 1.18 bits per heavy atom. The van der Waals surface area contributed by atoms with Gasteiger partial charge < -0.3 is 15.3 Å². The van der Waals surface area contributed by atoms with Crippen LogP contribution in [-0.2, 0) is 4.79 Å². The first-order valence-electron chi connectivity index (χ1n) is 9.68. The van der Waals surface area contributed by atoms with Crippen LogP contribution in [0.1, 0.15) is 34.6 Å². The Bertz CT molecular complexity index is 569. The molecule has 1 amide bonds. The third-order valence-electron chi connectivity index (χ3n) is 5.34. The number of hydrogen-bond donors (Lipinski definition) is 2. The molecule has 1 unspecified atom stereocenters. The lowest BCUT2D eigenvalue weighted by Crippen LogP contribution is -2.60. The average molecular weight is 403 g/mol. The van der Waals surface area contributed by atoms with E-state index in [0.29, 0.717) is 19.6 Å². The molecule has 8 heteroatoms. The van der Waals surface area contributed by atoms with E-state index in [2.05, 4.69) is 10.3 Å². The van der Waals surface area contributed by atoms with Gasteiger partial charge in [-0.05, 0) is 36.8 Å². The molecule has 2 N–H and O–H groups in total. The molecular weight excluding hydrogens is 371 g/mol. The van der Waals surface area contributed by atoms with Gasteiger partial charge in [-0.25, -0.2) is 0 Å². The number of carbonyl (C=O) groups is 1. The van der Waals surface area contributed by atoms with E-state index in [0.717, 1.165) is 6.92 Å². The summed E-state index contributed by atoms with van der Waals surface area (Å²) in [5.41, 5.74) is -2.75. The van der Waals surface area contributed by atoms with Crippen molar-refractivity contribution in [1.82, 2.24) is 15.2 Å². The average Bonchev–Trinajstić information content (AvgIpc) is 3.10. The van der Waals surface area contributed by atoms with E-state index in [1.54, 1.807) is 17.3 Å². The predicted molar refractivity (Wildman–Crippen MR) is 102 cm³/mol. The van der Waals surface area contributed by atoms with Gasteiger partial charge in [0.05, 0.1) is 0 Å². The first-order chi connectivity index (χ1) is 13.1. The molecule has 5 nitrogen and oxygen atoms in total. The molecule has 2 fully saturated rings. The third-order valence-corrected chi connectivity index (χ3v) is 5.34. The molecule has 160 valence electrons. The number of rotatable bonds is 1. The summed E-state index contributed by atoms with van der Waals surface area (Å²) in [5, 5.41) is 12.7. The van der Waals surface area contributed by atoms with Crippen molar-refractivity contribution in [2.75, 3.05) is 19.6 Å². The number of pyridine rings is 1. The molecule has 3 rings (SSSR count). The Balaban J connectivity index is 0.000000411. The molecule has 0 aliphatic carbocycles. The van der Waals surface area contributed by atoms with Gasteiger partial charge in [-0.3, -0.25) is 9.78 Å². The highest BCUT2D eigenvalue weighted by Crippen LogP contribution is 2.44. The number of nitrogens with one attached hydrogen (secondary N) is 1. The fourth-order valence-corrected chi connectivity index (χ4v) is 3.95. The van der Waals surface area contributed by atoms with E-state index in [1.807, 2.05) is 39.0 Å². The quantitative estimate of drug-likeness (QED) is 0.756. The lowest BCUT2D eigenvalue weighted by molar-refractivity contribution is -0.267. The Kier molecular flexibility index (Phi) is 8.88. The van der Waals surface area contributed by atoms with Crippen LogP contribution in [0.2, 0.25) is 0 Å². The zero-order valence-electron chi connectivity index (χ0n) is 17.2. The van der Waals surface area contributed by atoms with Gasteiger partial charge in [0.2, 0.25) is 5.91 Å². The van der Waals surface area contributed by atoms with E-state index < -0.39 is 17.8 Å². The molecule has 1 aromatic rings. The van der Waals surface area contributed by atoms with Crippen molar-refractivity contribution in [1.29, 1.82) is 0 Å². The second-order valence-corrected chi connectivity index (χ2v) is 7.29. The number of nitrogens with zero attached hydrogens (tertiary/aromatic N) is 2. The second kappa shape index (κ2) is 10.2. The van der Waals surface area contributed by atoms with Crippen LogP contribution in [0.5, 0.6) is 0 Å². The van der Waals surface area contributed by atoms with E-state index in [-0.39, 0.29) is 23.7 Å². The Labute approximate surface area is 165 Å². The fourth-order valence-electron chi connectivity index (χ4n) is 3.95. The first kappa shape index (κ1) is 24.4. The van der Waals surface area contributed by atoms with Crippen molar-refractivity contribution in [3.63, 3.8) is 0 Å². The van der Waals surface area contributed by atoms with Crippen molar-refractivity contribution in [3.8, 4) is 0 Å². The number of piperidine rings is 1. The van der Waals surface area contributed by atoms with Crippen LogP contribution in [0.25, 0.3) is 0 Å². The lowest BCUT2D eigenvalue weighted by Gasteiger charge is -2.44. The molecule has 1 aromatic heterocycles. The highest BCUT2D eigenvalue weighted by Gasteiger charge is 2.61. The summed E-state index contributed by atoms with van der Waals surface area (Å²) in [6, 6.07) is 4.70. The monoisotopic (exact) mass is 403 g/mol. The number of halogens is 3. The van der Waals surface area contributed by atoms with E-state index >= 15 is 0 Å². The van der Waals surface area contributed by atoms with E-state index in [4.69, 9.17) is 0 Å². The number of aromatic nitrogens is 1. The number of aliphatic hydroxyl groups is 1. The molecule has 0 spiro atoms. The maximum Gasteiger partial charge on any atom is 0.418 e. The highest BCUT2D eigenvalue weighted by molar-refractivity contribution is 5.73. The van der Waals surface area contributed by atoms with Gasteiger partial charge in [0, 0.05) is 45.0 Å². The Morgan fingerprint density at radius 2 is 1.75 bits per heavy atom. The minimum Gasteiger partial charge on any atom is -0.379 e. The van der Waals surface area contributed by atoms with Crippen LogP contribution >= 0.6 is 0 Å². The topological polar surface area (TPSA) is 65.5 Å². The number of alkyl halides is 3. The minimum absolute atomic E-state index is 0.0403. The summed E-state index contributed by atoms with van der Waals surface area (Å²) < 4.78 is 39.1. The zero-order valence-corrected chi connectivity index (χ0v) is 17.2. The van der Waals surface area contributed by atoms with Gasteiger partial charge in [0.15, 0.2) is 5.60 Å². The summed E-state index contributed by atoms with van der Waals surface area (Å²) >= 11 is 0. The molecule has 2 saturated heterocycles. The molecule has 2 aliphatic rings. The van der Waals surface area contributed by atoms with Gasteiger partial charge in [-0.1, -0.05) is 26.8 Å². The van der Waals surface area contributed by atoms with Gasteiger partial charge in [0.1, 0.15) is 0 Å². The normalized spacial score (nSPS) is 28.7. The van der Waals surface area contributed by atoms with E-state index in [9.17, 15) is 23.1 Å². The molecule has 2 aliphatic heterocycles. The minimum atomic E-state index is -4.67. The zero-order chi connectivity index (χ0) is 21.5. The Morgan fingerprint density at radius 3 is 2.14 bits per heavy atom. The molecule has 0 aromatic carbocycles. The van der Waals surface area contributed by atoms with Crippen LogP contribution in [0.4, 0.5) is 13.2 Å². The van der Waals surface area contributed by atoms with Gasteiger partial charge >= 0.3 is 6.18 Å². The molecule has 0 saturated carbocycles.